The molecule has 2 heterocycles. The number of anilines is 3. The summed E-state index contributed by atoms with van der Waals surface area (Å²) in [6.07, 6.45) is -0.652. The maximum absolute atomic E-state index is 14.0. The largest absolute Gasteiger partial charge is 0.452 e. The van der Waals surface area contributed by atoms with Crippen LogP contribution in [0.15, 0.2) is 29.3 Å². The van der Waals surface area contributed by atoms with Gasteiger partial charge in [0.05, 0.1) is 12.8 Å². The van der Waals surface area contributed by atoms with Gasteiger partial charge in [0.1, 0.15) is 16.7 Å². The zero-order valence-electron chi connectivity index (χ0n) is 16.4. The Bertz CT molecular complexity index is 882. The van der Waals surface area contributed by atoms with Gasteiger partial charge in [-0.2, -0.15) is 4.98 Å². The van der Waals surface area contributed by atoms with Crippen LogP contribution in [0.4, 0.5) is 31.0 Å². The van der Waals surface area contributed by atoms with Gasteiger partial charge in [-0.3, -0.25) is 10.3 Å². The number of aromatic nitrogens is 2. The molecule has 4 N–H and O–H groups in total. The standard InChI is InChI=1S/C18H23F2N7O2S/c1-29-18(28)25-24-15-11-16(23-17(21)22-15)30-9-8-26-4-6-27(7-5-26)14-3-2-12(19)10-13(14)20/h2-3,10-11H,4-9H2,1H3,(H,25,28)(H3,21,22,23,24). The van der Waals surface area contributed by atoms with Crippen molar-refractivity contribution in [2.75, 3.05) is 61.6 Å². The SMILES string of the molecule is COC(=O)NNc1cc(SCCN2CCN(c3ccc(F)cc3F)CC2)nc(N)n1. The molecule has 1 aliphatic rings. The Balaban J connectivity index is 1.45. The molecule has 1 aromatic carbocycles. The van der Waals surface area contributed by atoms with Crippen molar-refractivity contribution < 1.29 is 18.3 Å². The Morgan fingerprint density at radius 1 is 1.23 bits per heavy atom. The number of rotatable bonds is 7. The van der Waals surface area contributed by atoms with E-state index in [0.29, 0.717) is 29.6 Å². The van der Waals surface area contributed by atoms with Gasteiger partial charge in [0.2, 0.25) is 5.95 Å². The average molecular weight is 439 g/mol. The van der Waals surface area contributed by atoms with Crippen molar-refractivity contribution in [2.45, 2.75) is 5.03 Å². The summed E-state index contributed by atoms with van der Waals surface area (Å²) in [6.45, 7) is 3.71. The van der Waals surface area contributed by atoms with Crippen molar-refractivity contribution in [3.63, 3.8) is 0 Å². The van der Waals surface area contributed by atoms with Crippen LogP contribution in [0.25, 0.3) is 0 Å². The van der Waals surface area contributed by atoms with E-state index in [1.165, 1.54) is 31.0 Å². The lowest BCUT2D eigenvalue weighted by Crippen LogP contribution is -2.47. The molecule has 1 aromatic heterocycles. The van der Waals surface area contributed by atoms with Gasteiger partial charge in [0.15, 0.2) is 5.82 Å². The Labute approximate surface area is 177 Å². The lowest BCUT2D eigenvalue weighted by molar-refractivity contribution is 0.173. The van der Waals surface area contributed by atoms with E-state index in [2.05, 4.69) is 30.5 Å². The number of carbonyl (C=O) groups is 1. The second-order valence-electron chi connectivity index (χ2n) is 6.46. The first-order chi connectivity index (χ1) is 14.4. The predicted molar refractivity (Wildman–Crippen MR) is 111 cm³/mol. The molecule has 2 aromatic rings. The molecule has 0 bridgehead atoms. The molecule has 1 saturated heterocycles. The first kappa shape index (κ1) is 21.8. The van der Waals surface area contributed by atoms with Crippen LogP contribution in [-0.2, 0) is 4.74 Å². The Hall–Kier alpha value is -2.86. The molecule has 12 heteroatoms. The maximum atomic E-state index is 14.0. The number of hydrogen-bond donors (Lipinski definition) is 3. The summed E-state index contributed by atoms with van der Waals surface area (Å²) in [5.74, 6) is 0.100. The molecule has 30 heavy (non-hydrogen) atoms. The average Bonchev–Trinajstić information content (AvgIpc) is 2.72. The highest BCUT2D eigenvalue weighted by molar-refractivity contribution is 7.99. The molecule has 1 fully saturated rings. The highest BCUT2D eigenvalue weighted by atomic mass is 32.2. The number of nitrogen functional groups attached to an aromatic ring is 1. The smallest absolute Gasteiger partial charge is 0.425 e. The van der Waals surface area contributed by atoms with E-state index in [1.54, 1.807) is 6.07 Å². The Morgan fingerprint density at radius 2 is 2.00 bits per heavy atom. The van der Waals surface area contributed by atoms with E-state index >= 15 is 0 Å². The minimum Gasteiger partial charge on any atom is -0.452 e. The highest BCUT2D eigenvalue weighted by Gasteiger charge is 2.19. The Morgan fingerprint density at radius 3 is 2.70 bits per heavy atom. The molecule has 3 rings (SSSR count). The van der Waals surface area contributed by atoms with Gasteiger partial charge < -0.3 is 15.4 Å². The van der Waals surface area contributed by atoms with Crippen LogP contribution in [0.3, 0.4) is 0 Å². The van der Waals surface area contributed by atoms with Crippen molar-refractivity contribution in [3.8, 4) is 0 Å². The van der Waals surface area contributed by atoms with Crippen molar-refractivity contribution in [2.24, 2.45) is 0 Å². The van der Waals surface area contributed by atoms with Gasteiger partial charge in [0, 0.05) is 50.6 Å². The molecule has 1 amide bonds. The van der Waals surface area contributed by atoms with Crippen LogP contribution in [0.5, 0.6) is 0 Å². The number of carbonyl (C=O) groups excluding carboxylic acids is 1. The predicted octanol–water partition coefficient (Wildman–Crippen LogP) is 1.93. The van der Waals surface area contributed by atoms with Crippen LogP contribution in [0.2, 0.25) is 0 Å². The second-order valence-corrected chi connectivity index (χ2v) is 7.58. The zero-order valence-corrected chi connectivity index (χ0v) is 17.2. The number of nitrogens with two attached hydrogens (primary N) is 1. The van der Waals surface area contributed by atoms with Crippen LogP contribution < -0.4 is 21.5 Å². The van der Waals surface area contributed by atoms with Crippen LogP contribution in [-0.4, -0.2) is 66.5 Å². The van der Waals surface area contributed by atoms with Crippen molar-refractivity contribution in [3.05, 3.63) is 35.9 Å². The number of ether oxygens (including phenoxy) is 1. The number of nitrogens with zero attached hydrogens (tertiary/aromatic N) is 4. The third kappa shape index (κ3) is 6.07. The minimum atomic E-state index is -0.652. The quantitative estimate of drug-likeness (QED) is 0.339. The molecule has 9 nitrogen and oxygen atoms in total. The number of piperazine rings is 1. The number of hydrazine groups is 1. The summed E-state index contributed by atoms with van der Waals surface area (Å²) in [6, 6.07) is 5.34. The van der Waals surface area contributed by atoms with Crippen molar-refractivity contribution in [1.82, 2.24) is 20.3 Å². The molecular formula is C18H23F2N7O2S. The minimum absolute atomic E-state index is 0.0871. The molecular weight excluding hydrogens is 416 g/mol. The van der Waals surface area contributed by atoms with E-state index in [-0.39, 0.29) is 5.95 Å². The summed E-state index contributed by atoms with van der Waals surface area (Å²) in [4.78, 5) is 23.5. The monoisotopic (exact) mass is 439 g/mol. The fourth-order valence-corrected chi connectivity index (χ4v) is 3.89. The van der Waals surface area contributed by atoms with Crippen LogP contribution >= 0.6 is 11.8 Å². The summed E-state index contributed by atoms with van der Waals surface area (Å²) < 4.78 is 31.5. The number of thioether (sulfide) groups is 1. The van der Waals surface area contributed by atoms with Gasteiger partial charge in [-0.15, -0.1) is 11.8 Å². The third-order valence-corrected chi connectivity index (χ3v) is 5.37. The highest BCUT2D eigenvalue weighted by Crippen LogP contribution is 2.23. The topological polar surface area (TPSA) is 109 Å². The molecule has 0 spiro atoms. The Kier molecular flexibility index (Phi) is 7.46. The second kappa shape index (κ2) is 10.3. The third-order valence-electron chi connectivity index (χ3n) is 4.48. The summed E-state index contributed by atoms with van der Waals surface area (Å²) in [7, 11) is 1.25. The van der Waals surface area contributed by atoms with Gasteiger partial charge >= 0.3 is 6.09 Å². The van der Waals surface area contributed by atoms with Gasteiger partial charge in [-0.1, -0.05) is 0 Å². The van der Waals surface area contributed by atoms with Crippen LogP contribution in [0.1, 0.15) is 0 Å². The van der Waals surface area contributed by atoms with Crippen molar-refractivity contribution in [1.29, 1.82) is 0 Å². The van der Waals surface area contributed by atoms with Gasteiger partial charge in [0.25, 0.3) is 0 Å². The summed E-state index contributed by atoms with van der Waals surface area (Å²) >= 11 is 1.51. The molecule has 162 valence electrons. The molecule has 0 atom stereocenters. The molecule has 0 saturated carbocycles. The molecule has 0 radical (unpaired) electrons. The van der Waals surface area contributed by atoms with Gasteiger partial charge in [-0.05, 0) is 12.1 Å². The van der Waals surface area contributed by atoms with E-state index in [1.807, 2.05) is 4.90 Å². The first-order valence-electron chi connectivity index (χ1n) is 9.24. The lowest BCUT2D eigenvalue weighted by Gasteiger charge is -2.36. The molecule has 0 aliphatic carbocycles. The van der Waals surface area contributed by atoms with E-state index in [0.717, 1.165) is 31.5 Å². The number of halogens is 2. The van der Waals surface area contributed by atoms with Crippen LogP contribution in [0, 0.1) is 11.6 Å². The van der Waals surface area contributed by atoms with E-state index in [9.17, 15) is 13.6 Å². The number of benzene rings is 1. The summed E-state index contributed by atoms with van der Waals surface area (Å²) in [5, 5.41) is 0.670. The normalized spacial score (nSPS) is 14.4. The fourth-order valence-electron chi connectivity index (χ4n) is 2.98. The summed E-state index contributed by atoms with van der Waals surface area (Å²) in [5.41, 5.74) is 11.1. The number of nitrogens with one attached hydrogen (secondary N) is 2. The zero-order chi connectivity index (χ0) is 21.5. The van der Waals surface area contributed by atoms with E-state index in [4.69, 9.17) is 5.73 Å². The van der Waals surface area contributed by atoms with Crippen molar-refractivity contribution >= 4 is 35.3 Å². The first-order valence-corrected chi connectivity index (χ1v) is 10.2. The fraction of sp³-hybridized carbons (Fsp3) is 0.389. The van der Waals surface area contributed by atoms with E-state index < -0.39 is 17.7 Å². The maximum Gasteiger partial charge on any atom is 0.425 e. The van der Waals surface area contributed by atoms with Gasteiger partial charge in [-0.25, -0.2) is 24.0 Å². The number of methoxy groups -OCH3 is 1. The lowest BCUT2D eigenvalue weighted by atomic mass is 10.2. The number of hydrogen-bond acceptors (Lipinski definition) is 9. The molecule has 1 aliphatic heterocycles. The number of amides is 1. The molecule has 0 unspecified atom stereocenters.